The predicted octanol–water partition coefficient (Wildman–Crippen LogP) is 2.82. The first kappa shape index (κ1) is 14.3. The highest BCUT2D eigenvalue weighted by Gasteiger charge is 2.24. The number of rotatable bonds is 6. The average molecular weight is 258 g/mol. The van der Waals surface area contributed by atoms with Crippen LogP contribution in [-0.4, -0.2) is 27.5 Å². The van der Waals surface area contributed by atoms with E-state index in [1.54, 1.807) is 14.2 Å². The van der Waals surface area contributed by atoms with Crippen molar-refractivity contribution in [1.29, 1.82) is 0 Å². The Bertz CT molecular complexity index is 366. The van der Waals surface area contributed by atoms with Crippen LogP contribution in [0.2, 0.25) is 5.02 Å². The van der Waals surface area contributed by atoms with Gasteiger partial charge in [0.25, 0.3) is 0 Å². The van der Waals surface area contributed by atoms with E-state index in [1.165, 1.54) is 0 Å². The topological polar surface area (TPSA) is 30.5 Å². The summed E-state index contributed by atoms with van der Waals surface area (Å²) in [6.45, 7) is 5.61. The van der Waals surface area contributed by atoms with Crippen LogP contribution in [0.5, 0.6) is 5.75 Å². The molecule has 1 aromatic carbocycles. The molecule has 0 aromatic heterocycles. The third kappa shape index (κ3) is 3.87. The maximum absolute atomic E-state index is 6.04. The van der Waals surface area contributed by atoms with Crippen molar-refractivity contribution >= 4 is 11.6 Å². The van der Waals surface area contributed by atoms with Crippen molar-refractivity contribution in [2.75, 3.05) is 27.5 Å². The van der Waals surface area contributed by atoms with E-state index in [0.717, 1.165) is 22.9 Å². The Hall–Kier alpha value is -0.770. The first-order valence-corrected chi connectivity index (χ1v) is 5.92. The van der Waals surface area contributed by atoms with E-state index < -0.39 is 0 Å². The fourth-order valence-electron chi connectivity index (χ4n) is 1.77. The molecule has 0 unspecified atom stereocenters. The zero-order chi connectivity index (χ0) is 12.9. The Morgan fingerprint density at radius 2 is 2.00 bits per heavy atom. The zero-order valence-corrected chi connectivity index (χ0v) is 11.6. The lowest BCUT2D eigenvalue weighted by molar-refractivity contribution is 0.169. The van der Waals surface area contributed by atoms with Crippen LogP contribution >= 0.6 is 11.6 Å². The van der Waals surface area contributed by atoms with Gasteiger partial charge in [0.05, 0.1) is 13.8 Å². The number of hydrogen-bond acceptors (Lipinski definition) is 3. The van der Waals surface area contributed by atoms with Crippen LogP contribution in [0.4, 0.5) is 0 Å². The highest BCUT2D eigenvalue weighted by atomic mass is 35.5. The normalized spacial score (nSPS) is 11.6. The van der Waals surface area contributed by atoms with Gasteiger partial charge in [0.2, 0.25) is 0 Å². The summed E-state index contributed by atoms with van der Waals surface area (Å²) >= 11 is 6.04. The summed E-state index contributed by atoms with van der Waals surface area (Å²) in [5.41, 5.74) is 1.02. The van der Waals surface area contributed by atoms with Crippen molar-refractivity contribution in [2.24, 2.45) is 0 Å². The summed E-state index contributed by atoms with van der Waals surface area (Å²) in [6, 6.07) is 5.69. The minimum atomic E-state index is -0.0746. The molecule has 0 radical (unpaired) electrons. The van der Waals surface area contributed by atoms with Crippen LogP contribution < -0.4 is 10.1 Å². The second-order valence-electron chi connectivity index (χ2n) is 4.59. The smallest absolute Gasteiger partial charge is 0.122 e. The van der Waals surface area contributed by atoms with Crippen molar-refractivity contribution in [2.45, 2.75) is 19.3 Å². The Morgan fingerprint density at radius 1 is 1.29 bits per heavy atom. The number of nitrogens with one attached hydrogen (secondary N) is 1. The van der Waals surface area contributed by atoms with Crippen LogP contribution in [0, 0.1) is 0 Å². The molecule has 0 atom stereocenters. The SMILES string of the molecule is COCNCC(C)(C)c1cc(Cl)ccc1OC. The maximum Gasteiger partial charge on any atom is 0.122 e. The highest BCUT2D eigenvalue weighted by molar-refractivity contribution is 6.30. The molecule has 0 aliphatic carbocycles. The maximum atomic E-state index is 6.04. The quantitative estimate of drug-likeness (QED) is 0.628. The van der Waals surface area contributed by atoms with Crippen molar-refractivity contribution in [1.82, 2.24) is 5.32 Å². The minimum absolute atomic E-state index is 0.0746. The molecule has 0 saturated heterocycles. The molecule has 0 saturated carbocycles. The van der Waals surface area contributed by atoms with Gasteiger partial charge in [-0.25, -0.2) is 0 Å². The Labute approximate surface area is 108 Å². The molecule has 0 fully saturated rings. The van der Waals surface area contributed by atoms with Crippen LogP contribution in [0.15, 0.2) is 18.2 Å². The Kier molecular flexibility index (Phi) is 5.25. The second-order valence-corrected chi connectivity index (χ2v) is 5.02. The van der Waals surface area contributed by atoms with Gasteiger partial charge in [-0.3, -0.25) is 5.32 Å². The number of benzene rings is 1. The first-order valence-electron chi connectivity index (χ1n) is 5.55. The molecule has 1 aromatic rings. The largest absolute Gasteiger partial charge is 0.496 e. The molecular weight excluding hydrogens is 238 g/mol. The van der Waals surface area contributed by atoms with Gasteiger partial charge in [-0.2, -0.15) is 0 Å². The summed E-state index contributed by atoms with van der Waals surface area (Å²) in [4.78, 5) is 0. The Morgan fingerprint density at radius 3 is 2.59 bits per heavy atom. The average Bonchev–Trinajstić information content (AvgIpc) is 2.29. The van der Waals surface area contributed by atoms with Crippen molar-refractivity contribution < 1.29 is 9.47 Å². The molecule has 0 bridgehead atoms. The summed E-state index contributed by atoms with van der Waals surface area (Å²) in [7, 11) is 3.34. The fraction of sp³-hybridized carbons (Fsp3) is 0.538. The van der Waals surface area contributed by atoms with E-state index in [9.17, 15) is 0 Å². The van der Waals surface area contributed by atoms with Crippen LogP contribution in [0.3, 0.4) is 0 Å². The van der Waals surface area contributed by atoms with Crippen LogP contribution in [-0.2, 0) is 10.2 Å². The predicted molar refractivity (Wildman–Crippen MR) is 70.9 cm³/mol. The van der Waals surface area contributed by atoms with Gasteiger partial charge in [0.1, 0.15) is 5.75 Å². The molecule has 3 nitrogen and oxygen atoms in total. The summed E-state index contributed by atoms with van der Waals surface area (Å²) in [5.74, 6) is 0.860. The van der Waals surface area contributed by atoms with E-state index in [2.05, 4.69) is 19.2 Å². The van der Waals surface area contributed by atoms with Crippen molar-refractivity contribution in [3.63, 3.8) is 0 Å². The van der Waals surface area contributed by atoms with E-state index in [4.69, 9.17) is 21.1 Å². The van der Waals surface area contributed by atoms with Crippen LogP contribution in [0.1, 0.15) is 19.4 Å². The summed E-state index contributed by atoms with van der Waals surface area (Å²) < 4.78 is 10.4. The van der Waals surface area contributed by atoms with Gasteiger partial charge in [-0.15, -0.1) is 0 Å². The monoisotopic (exact) mass is 257 g/mol. The third-order valence-electron chi connectivity index (χ3n) is 2.70. The van der Waals surface area contributed by atoms with Crippen molar-refractivity contribution in [3.05, 3.63) is 28.8 Å². The lowest BCUT2D eigenvalue weighted by Crippen LogP contribution is -2.34. The van der Waals surface area contributed by atoms with Gasteiger partial charge in [0.15, 0.2) is 0 Å². The summed E-state index contributed by atoms with van der Waals surface area (Å²) in [6.07, 6.45) is 0. The molecule has 0 amide bonds. The molecule has 1 rings (SSSR count). The minimum Gasteiger partial charge on any atom is -0.496 e. The van der Waals surface area contributed by atoms with E-state index in [0.29, 0.717) is 6.73 Å². The number of methoxy groups -OCH3 is 2. The molecule has 96 valence electrons. The lowest BCUT2D eigenvalue weighted by Gasteiger charge is -2.27. The molecule has 0 spiro atoms. The van der Waals surface area contributed by atoms with Crippen LogP contribution in [0.25, 0.3) is 0 Å². The van der Waals surface area contributed by atoms with E-state index in [-0.39, 0.29) is 5.41 Å². The number of halogens is 1. The van der Waals surface area contributed by atoms with Crippen molar-refractivity contribution in [3.8, 4) is 5.75 Å². The highest BCUT2D eigenvalue weighted by Crippen LogP contribution is 2.33. The van der Waals surface area contributed by atoms with E-state index >= 15 is 0 Å². The first-order chi connectivity index (χ1) is 8.01. The fourth-order valence-corrected chi connectivity index (χ4v) is 1.94. The lowest BCUT2D eigenvalue weighted by atomic mass is 9.84. The van der Waals surface area contributed by atoms with Gasteiger partial charge in [-0.1, -0.05) is 25.4 Å². The molecule has 0 aliphatic rings. The molecular formula is C13H20ClNO2. The van der Waals surface area contributed by atoms with Gasteiger partial charge in [-0.05, 0) is 18.2 Å². The number of ether oxygens (including phenoxy) is 2. The number of hydrogen-bond donors (Lipinski definition) is 1. The molecule has 17 heavy (non-hydrogen) atoms. The molecule has 1 N–H and O–H groups in total. The van der Waals surface area contributed by atoms with Gasteiger partial charge < -0.3 is 9.47 Å². The molecule has 0 aliphatic heterocycles. The summed E-state index contributed by atoms with van der Waals surface area (Å²) in [5, 5.41) is 3.95. The van der Waals surface area contributed by atoms with E-state index in [1.807, 2.05) is 18.2 Å². The molecule has 0 heterocycles. The zero-order valence-electron chi connectivity index (χ0n) is 10.8. The molecule has 4 heteroatoms. The Balaban J connectivity index is 2.91. The van der Waals surface area contributed by atoms with Gasteiger partial charge in [0, 0.05) is 29.7 Å². The van der Waals surface area contributed by atoms with Gasteiger partial charge >= 0.3 is 0 Å². The standard InChI is InChI=1S/C13H20ClNO2/c1-13(2,8-15-9-16-3)11-7-10(14)5-6-12(11)17-4/h5-7,15H,8-9H2,1-4H3. The second kappa shape index (κ2) is 6.24. The third-order valence-corrected chi connectivity index (χ3v) is 2.94.